The van der Waals surface area contributed by atoms with Crippen molar-refractivity contribution in [2.75, 3.05) is 6.61 Å². The van der Waals surface area contributed by atoms with Gasteiger partial charge in [0, 0.05) is 11.1 Å². The Bertz CT molecular complexity index is 1120. The van der Waals surface area contributed by atoms with Gasteiger partial charge in [-0.15, -0.1) is 0 Å². The van der Waals surface area contributed by atoms with Crippen LogP contribution in [0.3, 0.4) is 0 Å². The second kappa shape index (κ2) is 8.84. The SMILES string of the molecule is O=C(COc1ccc2c(c1)O/C(=C\c1cccc(Cl)c1)C2=O)OCc1ccccc1. The molecule has 0 atom stereocenters. The van der Waals surface area contributed by atoms with Crippen molar-refractivity contribution in [3.05, 3.63) is 100 Å². The Morgan fingerprint density at radius 2 is 1.83 bits per heavy atom. The first-order valence-corrected chi connectivity index (χ1v) is 9.62. The van der Waals surface area contributed by atoms with E-state index in [-0.39, 0.29) is 24.8 Å². The maximum Gasteiger partial charge on any atom is 0.344 e. The number of carbonyl (C=O) groups is 2. The van der Waals surface area contributed by atoms with Crippen LogP contribution in [-0.4, -0.2) is 18.4 Å². The fourth-order valence-electron chi connectivity index (χ4n) is 2.93. The summed E-state index contributed by atoms with van der Waals surface area (Å²) < 4.78 is 16.4. The zero-order chi connectivity index (χ0) is 20.9. The number of esters is 1. The van der Waals surface area contributed by atoms with E-state index in [1.807, 2.05) is 36.4 Å². The van der Waals surface area contributed by atoms with Gasteiger partial charge in [0.15, 0.2) is 12.4 Å². The third-order valence-corrected chi connectivity index (χ3v) is 4.62. The summed E-state index contributed by atoms with van der Waals surface area (Å²) in [5, 5.41) is 0.571. The molecule has 30 heavy (non-hydrogen) atoms. The Hall–Kier alpha value is -3.57. The maximum absolute atomic E-state index is 12.5. The Kier molecular flexibility index (Phi) is 5.82. The fraction of sp³-hybridized carbons (Fsp3) is 0.0833. The summed E-state index contributed by atoms with van der Waals surface area (Å²) in [6.45, 7) is -0.0622. The summed E-state index contributed by atoms with van der Waals surface area (Å²) in [4.78, 5) is 24.4. The second-order valence-electron chi connectivity index (χ2n) is 6.59. The smallest absolute Gasteiger partial charge is 0.344 e. The molecule has 0 aliphatic carbocycles. The summed E-state index contributed by atoms with van der Waals surface area (Å²) >= 11 is 5.98. The predicted molar refractivity (Wildman–Crippen MR) is 113 cm³/mol. The van der Waals surface area contributed by atoms with Crippen molar-refractivity contribution in [2.24, 2.45) is 0 Å². The summed E-state index contributed by atoms with van der Waals surface area (Å²) in [7, 11) is 0. The minimum absolute atomic E-state index is 0.183. The van der Waals surface area contributed by atoms with Crippen LogP contribution in [0.2, 0.25) is 5.02 Å². The Morgan fingerprint density at radius 3 is 2.63 bits per heavy atom. The lowest BCUT2D eigenvalue weighted by atomic mass is 10.1. The van der Waals surface area contributed by atoms with Gasteiger partial charge in [0.1, 0.15) is 18.1 Å². The second-order valence-corrected chi connectivity index (χ2v) is 7.02. The van der Waals surface area contributed by atoms with Crippen LogP contribution in [0, 0.1) is 0 Å². The van der Waals surface area contributed by atoms with Crippen LogP contribution in [0.1, 0.15) is 21.5 Å². The van der Waals surface area contributed by atoms with Gasteiger partial charge in [0.25, 0.3) is 0 Å². The number of benzene rings is 3. The number of hydrogen-bond acceptors (Lipinski definition) is 5. The minimum Gasteiger partial charge on any atom is -0.482 e. The number of rotatable bonds is 6. The normalized spacial score (nSPS) is 13.6. The summed E-state index contributed by atoms with van der Waals surface area (Å²) in [5.41, 5.74) is 2.09. The van der Waals surface area contributed by atoms with Crippen molar-refractivity contribution in [1.29, 1.82) is 0 Å². The molecule has 0 N–H and O–H groups in total. The van der Waals surface area contributed by atoms with E-state index in [2.05, 4.69) is 0 Å². The Balaban J connectivity index is 1.37. The van der Waals surface area contributed by atoms with Gasteiger partial charge in [-0.3, -0.25) is 4.79 Å². The van der Waals surface area contributed by atoms with Gasteiger partial charge >= 0.3 is 5.97 Å². The molecule has 0 saturated carbocycles. The lowest BCUT2D eigenvalue weighted by molar-refractivity contribution is -0.147. The van der Waals surface area contributed by atoms with Gasteiger partial charge < -0.3 is 14.2 Å². The first-order chi connectivity index (χ1) is 14.6. The van der Waals surface area contributed by atoms with E-state index in [1.54, 1.807) is 42.5 Å². The molecule has 1 aliphatic rings. The van der Waals surface area contributed by atoms with E-state index >= 15 is 0 Å². The third-order valence-electron chi connectivity index (χ3n) is 4.39. The van der Waals surface area contributed by atoms with Gasteiger partial charge in [-0.2, -0.15) is 0 Å². The van der Waals surface area contributed by atoms with Crippen molar-refractivity contribution in [1.82, 2.24) is 0 Å². The molecule has 1 aliphatic heterocycles. The van der Waals surface area contributed by atoms with Crippen molar-refractivity contribution >= 4 is 29.4 Å². The van der Waals surface area contributed by atoms with E-state index in [0.717, 1.165) is 11.1 Å². The molecular formula is C24H17ClO5. The van der Waals surface area contributed by atoms with Crippen LogP contribution in [-0.2, 0) is 16.1 Å². The van der Waals surface area contributed by atoms with Crippen LogP contribution in [0.25, 0.3) is 6.08 Å². The quantitative estimate of drug-likeness (QED) is 0.411. The Labute approximate surface area is 178 Å². The highest BCUT2D eigenvalue weighted by Gasteiger charge is 2.27. The van der Waals surface area contributed by atoms with Crippen LogP contribution in [0.15, 0.2) is 78.6 Å². The number of hydrogen-bond donors (Lipinski definition) is 0. The van der Waals surface area contributed by atoms with Crippen LogP contribution in [0.4, 0.5) is 0 Å². The molecule has 0 aromatic heterocycles. The molecule has 3 aromatic carbocycles. The number of Topliss-reactive ketones (excluding diaryl/α,β-unsaturated/α-hetero) is 1. The molecule has 6 heteroatoms. The predicted octanol–water partition coefficient (Wildman–Crippen LogP) is 5.08. The topological polar surface area (TPSA) is 61.8 Å². The monoisotopic (exact) mass is 420 g/mol. The average Bonchev–Trinajstić information content (AvgIpc) is 3.06. The molecule has 5 nitrogen and oxygen atoms in total. The fourth-order valence-corrected chi connectivity index (χ4v) is 3.13. The van der Waals surface area contributed by atoms with Gasteiger partial charge in [-0.1, -0.05) is 54.1 Å². The summed E-state index contributed by atoms with van der Waals surface area (Å²) in [5.74, 6) is 0.272. The first-order valence-electron chi connectivity index (χ1n) is 9.25. The molecule has 150 valence electrons. The average molecular weight is 421 g/mol. The largest absolute Gasteiger partial charge is 0.482 e. The molecule has 3 aromatic rings. The van der Waals surface area contributed by atoms with E-state index in [0.29, 0.717) is 22.1 Å². The molecule has 0 bridgehead atoms. The minimum atomic E-state index is -0.488. The van der Waals surface area contributed by atoms with Gasteiger partial charge in [-0.05, 0) is 41.5 Å². The van der Waals surface area contributed by atoms with E-state index in [1.165, 1.54) is 0 Å². The molecule has 4 rings (SSSR count). The van der Waals surface area contributed by atoms with E-state index < -0.39 is 5.97 Å². The zero-order valence-electron chi connectivity index (χ0n) is 15.8. The van der Waals surface area contributed by atoms with Crippen molar-refractivity contribution in [2.45, 2.75) is 6.61 Å². The lowest BCUT2D eigenvalue weighted by Gasteiger charge is -2.08. The molecule has 0 fully saturated rings. The molecular weight excluding hydrogens is 404 g/mol. The highest BCUT2D eigenvalue weighted by atomic mass is 35.5. The number of ketones is 1. The highest BCUT2D eigenvalue weighted by Crippen LogP contribution is 2.35. The standard InChI is InChI=1S/C24H17ClO5/c25-18-8-4-7-17(11-18)12-22-24(27)20-10-9-19(13-21(20)30-22)28-15-23(26)29-14-16-5-2-1-3-6-16/h1-13H,14-15H2/b22-12-. The van der Waals surface area contributed by atoms with Crippen molar-refractivity contribution in [3.63, 3.8) is 0 Å². The molecule has 0 radical (unpaired) electrons. The van der Waals surface area contributed by atoms with Gasteiger partial charge in [0.05, 0.1) is 5.56 Å². The van der Waals surface area contributed by atoms with E-state index in [4.69, 9.17) is 25.8 Å². The van der Waals surface area contributed by atoms with Crippen LogP contribution in [0.5, 0.6) is 11.5 Å². The first kappa shape index (κ1) is 19.7. The molecule has 1 heterocycles. The van der Waals surface area contributed by atoms with Gasteiger partial charge in [0.2, 0.25) is 5.78 Å². The number of carbonyl (C=O) groups excluding carboxylic acids is 2. The van der Waals surface area contributed by atoms with Crippen LogP contribution < -0.4 is 9.47 Å². The number of halogens is 1. The molecule has 0 amide bonds. The molecule has 0 spiro atoms. The highest BCUT2D eigenvalue weighted by molar-refractivity contribution is 6.30. The zero-order valence-corrected chi connectivity index (χ0v) is 16.6. The lowest BCUT2D eigenvalue weighted by Crippen LogP contribution is -2.14. The summed E-state index contributed by atoms with van der Waals surface area (Å²) in [6.07, 6.45) is 1.63. The Morgan fingerprint density at radius 1 is 1.00 bits per heavy atom. The third kappa shape index (κ3) is 4.70. The molecule has 0 saturated heterocycles. The molecule has 0 unspecified atom stereocenters. The number of ether oxygens (including phenoxy) is 3. The van der Waals surface area contributed by atoms with Crippen molar-refractivity contribution < 1.29 is 23.8 Å². The maximum atomic E-state index is 12.5. The van der Waals surface area contributed by atoms with Gasteiger partial charge in [-0.25, -0.2) is 4.79 Å². The van der Waals surface area contributed by atoms with Crippen molar-refractivity contribution in [3.8, 4) is 11.5 Å². The van der Waals surface area contributed by atoms with E-state index in [9.17, 15) is 9.59 Å². The number of fused-ring (bicyclic) bond motifs is 1. The number of allylic oxidation sites excluding steroid dienone is 1. The summed E-state index contributed by atoms with van der Waals surface area (Å²) in [6, 6.07) is 21.3. The van der Waals surface area contributed by atoms with Crippen LogP contribution >= 0.6 is 11.6 Å².